The zero-order valence-electron chi connectivity index (χ0n) is 25.1. The van der Waals surface area contributed by atoms with Crippen molar-refractivity contribution in [1.82, 2.24) is 40.3 Å². The van der Waals surface area contributed by atoms with Crippen LogP contribution in [0.2, 0.25) is 0 Å². The van der Waals surface area contributed by atoms with Gasteiger partial charge in [0.2, 0.25) is 11.8 Å². The average molecular weight is 601 g/mol. The van der Waals surface area contributed by atoms with Crippen molar-refractivity contribution in [3.05, 3.63) is 81.5 Å². The van der Waals surface area contributed by atoms with Gasteiger partial charge in [0.05, 0.1) is 36.0 Å². The molecule has 0 unspecified atom stereocenters. The number of hydrogen-bond acceptors (Lipinski definition) is 8. The molecule has 2 aromatic heterocycles. The van der Waals surface area contributed by atoms with E-state index in [-0.39, 0.29) is 43.6 Å². The SMILES string of the molecule is Cc1ccc2c(c1)OCCCn1cc(nn1)CN(C(=O)Cn1nc(C)c3ccccc3c1=O)CCCNC(=O)[C@@H](C)NC2=O. The van der Waals surface area contributed by atoms with E-state index in [1.807, 2.05) is 25.1 Å². The predicted octanol–water partition coefficient (Wildman–Crippen LogP) is 1.74. The summed E-state index contributed by atoms with van der Waals surface area (Å²) in [5.41, 5.74) is 2.18. The number of hydrogen-bond donors (Lipinski definition) is 2. The van der Waals surface area contributed by atoms with Crippen LogP contribution >= 0.6 is 0 Å². The molecule has 3 amide bonds. The summed E-state index contributed by atoms with van der Waals surface area (Å²) in [7, 11) is 0. The maximum absolute atomic E-state index is 13.6. The third-order valence-electron chi connectivity index (χ3n) is 7.44. The second kappa shape index (κ2) is 13.5. The van der Waals surface area contributed by atoms with Gasteiger partial charge in [0, 0.05) is 31.4 Å². The van der Waals surface area contributed by atoms with E-state index in [2.05, 4.69) is 26.0 Å². The second-order valence-electron chi connectivity index (χ2n) is 10.9. The molecular weight excluding hydrogens is 564 g/mol. The number of carbonyl (C=O) groups excluding carboxylic acids is 3. The predicted molar refractivity (Wildman–Crippen MR) is 162 cm³/mol. The molecule has 0 spiro atoms. The summed E-state index contributed by atoms with van der Waals surface area (Å²) >= 11 is 0. The van der Waals surface area contributed by atoms with Gasteiger partial charge in [-0.25, -0.2) is 4.68 Å². The Kier molecular flexibility index (Phi) is 9.32. The minimum absolute atomic E-state index is 0.170. The van der Waals surface area contributed by atoms with Gasteiger partial charge in [0.1, 0.15) is 24.0 Å². The number of aromatic nitrogens is 5. The molecule has 2 N–H and O–H groups in total. The minimum atomic E-state index is -0.792. The van der Waals surface area contributed by atoms with Crippen molar-refractivity contribution < 1.29 is 19.1 Å². The van der Waals surface area contributed by atoms with E-state index in [1.165, 1.54) is 4.68 Å². The first kappa shape index (κ1) is 30.4. The van der Waals surface area contributed by atoms with Crippen LogP contribution < -0.4 is 20.9 Å². The number of amides is 3. The van der Waals surface area contributed by atoms with Gasteiger partial charge in [-0.05, 0) is 51.0 Å². The molecule has 0 fully saturated rings. The summed E-state index contributed by atoms with van der Waals surface area (Å²) in [6.45, 7) is 6.64. The summed E-state index contributed by atoms with van der Waals surface area (Å²) in [5.74, 6) is -0.639. The number of aryl methyl sites for hydroxylation is 3. The third-order valence-corrected chi connectivity index (χ3v) is 7.44. The Labute approximate surface area is 254 Å². The molecule has 1 aliphatic rings. The van der Waals surface area contributed by atoms with Crippen LogP contribution in [-0.2, 0) is 29.2 Å². The molecule has 1 aliphatic heterocycles. The van der Waals surface area contributed by atoms with Gasteiger partial charge in [0.25, 0.3) is 11.5 Å². The van der Waals surface area contributed by atoms with Gasteiger partial charge < -0.3 is 20.3 Å². The molecule has 13 heteroatoms. The van der Waals surface area contributed by atoms with Crippen LogP contribution in [0.15, 0.2) is 53.5 Å². The van der Waals surface area contributed by atoms with Crippen molar-refractivity contribution in [2.24, 2.45) is 0 Å². The molecule has 0 saturated heterocycles. The molecule has 0 saturated carbocycles. The Hall–Kier alpha value is -5.07. The average Bonchev–Trinajstić information content (AvgIpc) is 3.46. The van der Waals surface area contributed by atoms with Crippen molar-refractivity contribution in [3.63, 3.8) is 0 Å². The number of carbonyl (C=O) groups is 3. The smallest absolute Gasteiger partial charge is 0.275 e. The molecule has 5 rings (SSSR count). The van der Waals surface area contributed by atoms with Gasteiger partial charge in [-0.1, -0.05) is 29.5 Å². The molecule has 4 aromatic rings. The van der Waals surface area contributed by atoms with Crippen molar-refractivity contribution in [2.45, 2.75) is 59.3 Å². The summed E-state index contributed by atoms with van der Waals surface area (Å²) in [6, 6.07) is 11.7. The van der Waals surface area contributed by atoms with Crippen LogP contribution in [0.4, 0.5) is 0 Å². The summed E-state index contributed by atoms with van der Waals surface area (Å²) < 4.78 is 8.83. The molecule has 1 atom stereocenters. The lowest BCUT2D eigenvalue weighted by molar-refractivity contribution is -0.132. The number of rotatable bonds is 2. The summed E-state index contributed by atoms with van der Waals surface area (Å²) in [6.07, 6.45) is 2.80. The molecule has 0 radical (unpaired) electrons. The molecular formula is C31H36N8O5. The van der Waals surface area contributed by atoms with E-state index in [4.69, 9.17) is 4.74 Å². The topological polar surface area (TPSA) is 153 Å². The first-order valence-electron chi connectivity index (χ1n) is 14.6. The summed E-state index contributed by atoms with van der Waals surface area (Å²) in [4.78, 5) is 54.0. The largest absolute Gasteiger partial charge is 0.493 e. The van der Waals surface area contributed by atoms with Gasteiger partial charge in [-0.15, -0.1) is 5.10 Å². The van der Waals surface area contributed by atoms with Gasteiger partial charge in [-0.2, -0.15) is 5.10 Å². The van der Waals surface area contributed by atoms with E-state index in [0.29, 0.717) is 54.1 Å². The van der Waals surface area contributed by atoms with Crippen LogP contribution in [-0.4, -0.2) is 73.1 Å². The normalized spacial score (nSPS) is 17.0. The number of fused-ring (bicyclic) bond motifs is 4. The van der Waals surface area contributed by atoms with E-state index >= 15 is 0 Å². The van der Waals surface area contributed by atoms with Crippen LogP contribution in [0.5, 0.6) is 5.75 Å². The fraction of sp³-hybridized carbons (Fsp3) is 0.387. The molecule has 2 aromatic carbocycles. The lowest BCUT2D eigenvalue weighted by Gasteiger charge is -2.22. The third kappa shape index (κ3) is 7.10. The summed E-state index contributed by atoms with van der Waals surface area (Å²) in [5, 5.41) is 19.6. The van der Waals surface area contributed by atoms with Crippen LogP contribution in [0, 0.1) is 13.8 Å². The Morgan fingerprint density at radius 1 is 1.05 bits per heavy atom. The lowest BCUT2D eigenvalue weighted by Crippen LogP contribution is -2.45. The van der Waals surface area contributed by atoms with Gasteiger partial charge >= 0.3 is 0 Å². The molecule has 3 heterocycles. The van der Waals surface area contributed by atoms with Crippen molar-refractivity contribution >= 4 is 28.5 Å². The number of ether oxygens (including phenoxy) is 1. The Morgan fingerprint density at radius 3 is 2.66 bits per heavy atom. The Morgan fingerprint density at radius 2 is 1.84 bits per heavy atom. The van der Waals surface area contributed by atoms with Gasteiger partial charge in [0.15, 0.2) is 0 Å². The maximum atomic E-state index is 13.6. The first-order valence-corrected chi connectivity index (χ1v) is 14.6. The molecule has 44 heavy (non-hydrogen) atoms. The Balaban J connectivity index is 1.34. The number of benzene rings is 2. The second-order valence-corrected chi connectivity index (χ2v) is 10.9. The highest BCUT2D eigenvalue weighted by molar-refractivity contribution is 5.99. The fourth-order valence-electron chi connectivity index (χ4n) is 5.07. The Bertz CT molecular complexity index is 1750. The van der Waals surface area contributed by atoms with E-state index in [0.717, 1.165) is 10.9 Å². The monoisotopic (exact) mass is 600 g/mol. The molecule has 230 valence electrons. The molecule has 13 nitrogen and oxygen atoms in total. The molecule has 2 bridgehead atoms. The quantitative estimate of drug-likeness (QED) is 0.353. The van der Waals surface area contributed by atoms with E-state index < -0.39 is 11.9 Å². The van der Waals surface area contributed by atoms with Crippen LogP contribution in [0.25, 0.3) is 10.8 Å². The number of nitrogens with zero attached hydrogens (tertiary/aromatic N) is 6. The van der Waals surface area contributed by atoms with E-state index in [9.17, 15) is 19.2 Å². The standard InChI is InChI=1S/C31H36N8O5/c1-20-10-11-26-27(16-20)44-15-7-14-38-18-23(34-36-38)17-37(13-6-12-32-29(41)22(3)33-30(26)42)28(40)19-39-31(43)25-9-5-4-8-24(25)21(2)35-39/h4-5,8-11,16,18,22H,6-7,12-15,17,19H2,1-3H3,(H,32,41)(H,33,42)/t22-/m1/s1. The highest BCUT2D eigenvalue weighted by atomic mass is 16.5. The van der Waals surface area contributed by atoms with Crippen molar-refractivity contribution in [2.75, 3.05) is 19.7 Å². The van der Waals surface area contributed by atoms with Crippen molar-refractivity contribution in [1.29, 1.82) is 0 Å². The van der Waals surface area contributed by atoms with E-state index in [1.54, 1.807) is 53.9 Å². The van der Waals surface area contributed by atoms with Crippen LogP contribution in [0.3, 0.4) is 0 Å². The fourth-order valence-corrected chi connectivity index (χ4v) is 5.07. The number of nitrogens with one attached hydrogen (secondary N) is 2. The lowest BCUT2D eigenvalue weighted by atomic mass is 10.1. The van der Waals surface area contributed by atoms with Gasteiger partial charge in [-0.3, -0.25) is 23.9 Å². The molecule has 0 aliphatic carbocycles. The minimum Gasteiger partial charge on any atom is -0.493 e. The highest BCUT2D eigenvalue weighted by Crippen LogP contribution is 2.21. The van der Waals surface area contributed by atoms with Crippen molar-refractivity contribution in [3.8, 4) is 5.75 Å². The van der Waals surface area contributed by atoms with Crippen LogP contribution in [0.1, 0.15) is 47.1 Å². The maximum Gasteiger partial charge on any atom is 0.275 e. The first-order chi connectivity index (χ1) is 21.2. The zero-order chi connectivity index (χ0) is 31.2. The highest BCUT2D eigenvalue weighted by Gasteiger charge is 2.21. The zero-order valence-corrected chi connectivity index (χ0v) is 25.1.